The molecule has 3 atom stereocenters. The topological polar surface area (TPSA) is 112 Å². The van der Waals surface area contributed by atoms with Crippen LogP contribution in [-0.4, -0.2) is 66.8 Å². The van der Waals surface area contributed by atoms with Crippen molar-refractivity contribution in [1.82, 2.24) is 24.6 Å². The van der Waals surface area contributed by atoms with Gasteiger partial charge in [0.05, 0.1) is 35.8 Å². The molecule has 200 valence electrons. The van der Waals surface area contributed by atoms with Crippen LogP contribution in [0.15, 0.2) is 24.4 Å². The molecule has 0 amide bonds. The first-order valence-electron chi connectivity index (χ1n) is 12.9. The molecule has 1 saturated carbocycles. The van der Waals surface area contributed by atoms with Crippen molar-refractivity contribution in [3.8, 4) is 17.1 Å². The zero-order valence-corrected chi connectivity index (χ0v) is 23.1. The maximum atomic E-state index is 11.9. The Morgan fingerprint density at radius 3 is 2.70 bits per heavy atom. The molecule has 2 aliphatic rings. The lowest BCUT2D eigenvalue weighted by molar-refractivity contribution is 0.319. The molecular formula is C26H35ClN6O3S. The van der Waals surface area contributed by atoms with Gasteiger partial charge in [-0.2, -0.15) is 0 Å². The number of likely N-dealkylation sites (tertiary alicyclic amines) is 1. The fourth-order valence-electron chi connectivity index (χ4n) is 5.57. The van der Waals surface area contributed by atoms with Gasteiger partial charge in [0.2, 0.25) is 10.0 Å². The summed E-state index contributed by atoms with van der Waals surface area (Å²) in [4.78, 5) is 15.0. The van der Waals surface area contributed by atoms with E-state index in [9.17, 15) is 8.42 Å². The van der Waals surface area contributed by atoms with E-state index in [-0.39, 0.29) is 12.1 Å². The third-order valence-corrected chi connectivity index (χ3v) is 8.39. The molecule has 3 aromatic rings. The Morgan fingerprint density at radius 1 is 1.22 bits per heavy atom. The summed E-state index contributed by atoms with van der Waals surface area (Å²) in [5, 5.41) is 3.96. The van der Waals surface area contributed by atoms with E-state index in [1.54, 1.807) is 13.3 Å². The van der Waals surface area contributed by atoms with Crippen LogP contribution < -0.4 is 14.8 Å². The number of imidazole rings is 1. The molecule has 9 nitrogen and oxygen atoms in total. The minimum absolute atomic E-state index is 0.0968. The van der Waals surface area contributed by atoms with Crippen LogP contribution in [0, 0.1) is 5.92 Å². The summed E-state index contributed by atoms with van der Waals surface area (Å²) < 4.78 is 32.4. The summed E-state index contributed by atoms with van der Waals surface area (Å²) in [6.45, 7) is 5.44. The first kappa shape index (κ1) is 26.2. The fraction of sp³-hybridized carbons (Fsp3) is 0.538. The second-order valence-corrected chi connectivity index (χ2v) is 12.6. The Labute approximate surface area is 223 Å². The Morgan fingerprint density at radius 2 is 2.00 bits per heavy atom. The van der Waals surface area contributed by atoms with Crippen molar-refractivity contribution in [3.05, 3.63) is 35.0 Å². The predicted octanol–water partition coefficient (Wildman–Crippen LogP) is 4.40. The molecule has 3 heterocycles. The van der Waals surface area contributed by atoms with Gasteiger partial charge in [0.1, 0.15) is 17.1 Å². The monoisotopic (exact) mass is 546 g/mol. The number of pyridine rings is 1. The lowest BCUT2D eigenvalue weighted by Crippen LogP contribution is -2.48. The molecule has 3 N–H and O–H groups in total. The number of hydrogen-bond donors (Lipinski definition) is 3. The first-order chi connectivity index (χ1) is 17.7. The highest BCUT2D eigenvalue weighted by Crippen LogP contribution is 2.36. The summed E-state index contributed by atoms with van der Waals surface area (Å²) in [6.07, 6.45) is 7.61. The van der Waals surface area contributed by atoms with Crippen molar-refractivity contribution in [2.45, 2.75) is 57.7 Å². The van der Waals surface area contributed by atoms with Crippen LogP contribution in [0.25, 0.3) is 22.6 Å². The predicted molar refractivity (Wildman–Crippen MR) is 148 cm³/mol. The van der Waals surface area contributed by atoms with Gasteiger partial charge in [-0.3, -0.25) is 4.90 Å². The summed E-state index contributed by atoms with van der Waals surface area (Å²) in [6, 6.07) is 5.93. The molecule has 2 aromatic heterocycles. The lowest BCUT2D eigenvalue weighted by Gasteiger charge is -2.33. The number of nitrogens with one attached hydrogen (secondary N) is 3. The third kappa shape index (κ3) is 6.03. The highest BCUT2D eigenvalue weighted by molar-refractivity contribution is 7.88. The summed E-state index contributed by atoms with van der Waals surface area (Å²) in [7, 11) is -1.66. The van der Waals surface area contributed by atoms with Crippen molar-refractivity contribution in [2.24, 2.45) is 5.92 Å². The van der Waals surface area contributed by atoms with Crippen molar-refractivity contribution in [1.29, 1.82) is 0 Å². The van der Waals surface area contributed by atoms with Gasteiger partial charge in [-0.1, -0.05) is 37.4 Å². The molecule has 11 heteroatoms. The lowest BCUT2D eigenvalue weighted by atomic mass is 9.91. The Hall–Kier alpha value is -2.40. The molecule has 1 aliphatic heterocycles. The SMILES string of the molecule is COc1cc(CN2CC[C@@H](C)C2)ccc1-c1nc2ncc(Cl)c(N[C@@H]3CCCC[C@H]3NS(C)(=O)=O)c2[nH]1. The molecule has 1 aliphatic carbocycles. The standard InChI is InChI=1S/C26H35ClN6O3S/c1-16-10-11-33(14-16)15-17-8-9-18(22(12-17)36-2)25-30-24-23(19(27)13-28-26(24)31-25)29-20-6-4-5-7-21(20)32-37(3,34)35/h8-9,12-13,16,20-21,32H,4-7,10-11,14-15H2,1-3H3,(H2,28,29,30,31)/t16-,20-,21-/m1/s1. The Bertz CT molecular complexity index is 1380. The number of hydrogen-bond acceptors (Lipinski definition) is 7. The molecule has 0 spiro atoms. The third-order valence-electron chi connectivity index (χ3n) is 7.37. The fourth-order valence-corrected chi connectivity index (χ4v) is 6.59. The molecule has 1 aromatic carbocycles. The number of H-pyrrole nitrogens is 1. The number of fused-ring (bicyclic) bond motifs is 1. The number of rotatable bonds is 8. The van der Waals surface area contributed by atoms with Crippen molar-refractivity contribution in [2.75, 3.05) is 31.8 Å². The number of ether oxygens (including phenoxy) is 1. The molecule has 0 radical (unpaired) electrons. The number of sulfonamides is 1. The molecular weight excluding hydrogens is 512 g/mol. The second-order valence-electron chi connectivity index (χ2n) is 10.5. The van der Waals surface area contributed by atoms with Crippen molar-refractivity contribution in [3.63, 3.8) is 0 Å². The maximum Gasteiger partial charge on any atom is 0.209 e. The first-order valence-corrected chi connectivity index (χ1v) is 15.1. The smallest absolute Gasteiger partial charge is 0.209 e. The van der Waals surface area contributed by atoms with E-state index in [0.717, 1.165) is 62.5 Å². The van der Waals surface area contributed by atoms with Crippen LogP contribution in [0.4, 0.5) is 5.69 Å². The Kier molecular flexibility index (Phi) is 7.63. The van der Waals surface area contributed by atoms with Gasteiger partial charge in [0.15, 0.2) is 5.65 Å². The van der Waals surface area contributed by atoms with E-state index in [1.165, 1.54) is 18.2 Å². The number of aromatic nitrogens is 3. The van der Waals surface area contributed by atoms with Crippen molar-refractivity contribution >= 4 is 38.5 Å². The van der Waals surface area contributed by atoms with Crippen LogP contribution in [0.1, 0.15) is 44.6 Å². The quantitative estimate of drug-likeness (QED) is 0.384. The van der Waals surface area contributed by atoms with Crippen LogP contribution in [0.3, 0.4) is 0 Å². The number of nitrogens with zero attached hydrogens (tertiary/aromatic N) is 3. The summed E-state index contributed by atoms with van der Waals surface area (Å²) >= 11 is 6.59. The van der Waals surface area contributed by atoms with Gasteiger partial charge < -0.3 is 15.0 Å². The van der Waals surface area contributed by atoms with Gasteiger partial charge in [-0.05, 0) is 49.4 Å². The highest BCUT2D eigenvalue weighted by atomic mass is 35.5. The van der Waals surface area contributed by atoms with Gasteiger partial charge in [-0.15, -0.1) is 0 Å². The minimum atomic E-state index is -3.33. The van der Waals surface area contributed by atoms with E-state index in [1.807, 2.05) is 6.07 Å². The average molecular weight is 547 g/mol. The van der Waals surface area contributed by atoms with Crippen LogP contribution in [0.5, 0.6) is 5.75 Å². The largest absolute Gasteiger partial charge is 0.496 e. The number of anilines is 1. The number of aromatic amines is 1. The zero-order valence-electron chi connectivity index (χ0n) is 21.6. The molecule has 1 saturated heterocycles. The van der Waals surface area contributed by atoms with E-state index in [4.69, 9.17) is 21.3 Å². The van der Waals surface area contributed by atoms with Gasteiger partial charge in [-0.25, -0.2) is 23.1 Å². The van der Waals surface area contributed by atoms with Crippen LogP contribution in [-0.2, 0) is 16.6 Å². The average Bonchev–Trinajstić information content (AvgIpc) is 3.47. The van der Waals surface area contributed by atoms with Crippen molar-refractivity contribution < 1.29 is 13.2 Å². The van der Waals surface area contributed by atoms with E-state index in [0.29, 0.717) is 27.7 Å². The van der Waals surface area contributed by atoms with E-state index < -0.39 is 10.0 Å². The molecule has 0 bridgehead atoms. The summed E-state index contributed by atoms with van der Waals surface area (Å²) in [5.74, 6) is 2.12. The second kappa shape index (κ2) is 10.8. The summed E-state index contributed by atoms with van der Waals surface area (Å²) in [5.41, 5.74) is 3.94. The maximum absolute atomic E-state index is 11.9. The molecule has 2 fully saturated rings. The van der Waals surface area contributed by atoms with Crippen LogP contribution in [0.2, 0.25) is 5.02 Å². The molecule has 37 heavy (non-hydrogen) atoms. The minimum Gasteiger partial charge on any atom is -0.496 e. The molecule has 5 rings (SSSR count). The normalized spacial score (nSPS) is 23.0. The zero-order chi connectivity index (χ0) is 26.2. The van der Waals surface area contributed by atoms with Gasteiger partial charge >= 0.3 is 0 Å². The molecule has 0 unspecified atom stereocenters. The highest BCUT2D eigenvalue weighted by Gasteiger charge is 2.29. The van der Waals surface area contributed by atoms with Crippen LogP contribution >= 0.6 is 11.6 Å². The Balaban J connectivity index is 1.44. The van der Waals surface area contributed by atoms with E-state index in [2.05, 4.69) is 44.0 Å². The van der Waals surface area contributed by atoms with E-state index >= 15 is 0 Å². The number of halogens is 1. The number of benzene rings is 1. The number of methoxy groups -OCH3 is 1. The van der Waals surface area contributed by atoms with Gasteiger partial charge in [0, 0.05) is 25.2 Å². The van der Waals surface area contributed by atoms with Gasteiger partial charge in [0.25, 0.3) is 0 Å².